The molecular weight excluding hydrogens is 224 g/mol. The Hall–Kier alpha value is -0.0800. The molecule has 2 heteroatoms. The summed E-state index contributed by atoms with van der Waals surface area (Å²) < 4.78 is 5.76. The van der Waals surface area contributed by atoms with Gasteiger partial charge in [0.05, 0.1) is 11.7 Å². The van der Waals surface area contributed by atoms with E-state index in [0.29, 0.717) is 11.3 Å². The smallest absolute Gasteiger partial charge is 0.0936 e. The largest absolute Gasteiger partial charge is 0.390 e. The van der Waals surface area contributed by atoms with E-state index in [1.807, 2.05) is 0 Å². The maximum Gasteiger partial charge on any atom is 0.0936 e. The average Bonchev–Trinajstić information content (AvgIpc) is 2.30. The molecule has 2 nitrogen and oxygen atoms in total. The molecule has 108 valence electrons. The van der Waals surface area contributed by atoms with Crippen LogP contribution in [0, 0.1) is 11.3 Å². The standard InChI is InChI=1S/C16H32O2/c1-6-7-13(2)12-14(17)16(18-5)10-8-15(3,4)9-11-16/h13-14,17H,6-12H2,1-5H3. The summed E-state index contributed by atoms with van der Waals surface area (Å²) in [5.74, 6) is 0.590. The molecule has 0 aliphatic heterocycles. The zero-order valence-corrected chi connectivity index (χ0v) is 13.0. The van der Waals surface area contributed by atoms with Gasteiger partial charge < -0.3 is 9.84 Å². The summed E-state index contributed by atoms with van der Waals surface area (Å²) in [4.78, 5) is 0. The van der Waals surface area contributed by atoms with Gasteiger partial charge in [0.15, 0.2) is 0 Å². The van der Waals surface area contributed by atoms with Gasteiger partial charge in [-0.3, -0.25) is 0 Å². The molecule has 0 radical (unpaired) electrons. The number of hydrogen-bond donors (Lipinski definition) is 1. The molecule has 2 atom stereocenters. The van der Waals surface area contributed by atoms with E-state index in [0.717, 1.165) is 32.1 Å². The molecule has 1 saturated carbocycles. The first-order valence-corrected chi connectivity index (χ1v) is 7.58. The zero-order chi connectivity index (χ0) is 13.8. The van der Waals surface area contributed by atoms with E-state index in [4.69, 9.17) is 4.74 Å². The molecular formula is C16H32O2. The van der Waals surface area contributed by atoms with E-state index >= 15 is 0 Å². The van der Waals surface area contributed by atoms with E-state index in [9.17, 15) is 5.11 Å². The second-order valence-electron chi connectivity index (χ2n) is 7.08. The number of aliphatic hydroxyl groups is 1. The van der Waals surface area contributed by atoms with Gasteiger partial charge in [0.2, 0.25) is 0 Å². The lowest BCUT2D eigenvalue weighted by Crippen LogP contribution is -2.48. The number of rotatable bonds is 6. The van der Waals surface area contributed by atoms with Crippen LogP contribution in [0.15, 0.2) is 0 Å². The fraction of sp³-hybridized carbons (Fsp3) is 1.00. The summed E-state index contributed by atoms with van der Waals surface area (Å²) in [5.41, 5.74) is 0.133. The fourth-order valence-electron chi connectivity index (χ4n) is 3.23. The maximum absolute atomic E-state index is 10.6. The Morgan fingerprint density at radius 1 is 1.17 bits per heavy atom. The molecule has 0 aromatic rings. The van der Waals surface area contributed by atoms with E-state index in [1.165, 1.54) is 12.8 Å². The lowest BCUT2D eigenvalue weighted by molar-refractivity contribution is -0.141. The van der Waals surface area contributed by atoms with Crippen molar-refractivity contribution in [1.82, 2.24) is 0 Å². The Kier molecular flexibility index (Phi) is 5.67. The van der Waals surface area contributed by atoms with Gasteiger partial charge in [0, 0.05) is 7.11 Å². The third kappa shape index (κ3) is 3.96. The van der Waals surface area contributed by atoms with Crippen molar-refractivity contribution >= 4 is 0 Å². The molecule has 1 fully saturated rings. The lowest BCUT2D eigenvalue weighted by Gasteiger charge is -2.45. The van der Waals surface area contributed by atoms with Crippen LogP contribution < -0.4 is 0 Å². The first-order chi connectivity index (χ1) is 8.35. The van der Waals surface area contributed by atoms with Gasteiger partial charge in [0.25, 0.3) is 0 Å². The van der Waals surface area contributed by atoms with Crippen LogP contribution in [0.2, 0.25) is 0 Å². The Labute approximate surface area is 113 Å². The van der Waals surface area contributed by atoms with Crippen molar-refractivity contribution in [2.45, 2.75) is 84.3 Å². The molecule has 18 heavy (non-hydrogen) atoms. The number of aliphatic hydroxyl groups excluding tert-OH is 1. The second kappa shape index (κ2) is 6.38. The van der Waals surface area contributed by atoms with Crippen molar-refractivity contribution in [1.29, 1.82) is 0 Å². The summed E-state index contributed by atoms with van der Waals surface area (Å²) in [6, 6.07) is 0. The molecule has 1 aliphatic carbocycles. The SMILES string of the molecule is CCCC(C)CC(O)C1(OC)CCC(C)(C)CC1. The van der Waals surface area contributed by atoms with Crippen molar-refractivity contribution in [2.75, 3.05) is 7.11 Å². The van der Waals surface area contributed by atoms with Crippen LogP contribution in [0.3, 0.4) is 0 Å². The van der Waals surface area contributed by atoms with Gasteiger partial charge in [-0.15, -0.1) is 0 Å². The zero-order valence-electron chi connectivity index (χ0n) is 13.0. The van der Waals surface area contributed by atoms with E-state index in [-0.39, 0.29) is 11.7 Å². The van der Waals surface area contributed by atoms with E-state index in [1.54, 1.807) is 7.11 Å². The molecule has 1 aliphatic rings. The van der Waals surface area contributed by atoms with Gasteiger partial charge in [-0.25, -0.2) is 0 Å². The predicted octanol–water partition coefficient (Wildman–Crippen LogP) is 4.16. The minimum absolute atomic E-state index is 0.280. The quantitative estimate of drug-likeness (QED) is 0.773. The first-order valence-electron chi connectivity index (χ1n) is 7.58. The first kappa shape index (κ1) is 16.0. The Bertz CT molecular complexity index is 237. The van der Waals surface area contributed by atoms with Crippen LogP contribution in [0.4, 0.5) is 0 Å². The van der Waals surface area contributed by atoms with Crippen LogP contribution in [-0.4, -0.2) is 23.9 Å². The average molecular weight is 256 g/mol. The van der Waals surface area contributed by atoms with E-state index < -0.39 is 0 Å². The molecule has 2 unspecified atom stereocenters. The minimum atomic E-state index is -0.305. The number of ether oxygens (including phenoxy) is 1. The Morgan fingerprint density at radius 3 is 2.17 bits per heavy atom. The molecule has 1 rings (SSSR count). The summed E-state index contributed by atoms with van der Waals surface area (Å²) in [6.45, 7) is 9.08. The summed E-state index contributed by atoms with van der Waals surface area (Å²) in [7, 11) is 1.77. The highest BCUT2D eigenvalue weighted by Gasteiger charge is 2.43. The molecule has 1 N–H and O–H groups in total. The van der Waals surface area contributed by atoms with Gasteiger partial charge >= 0.3 is 0 Å². The van der Waals surface area contributed by atoms with Crippen LogP contribution in [0.1, 0.15) is 72.6 Å². The molecule has 0 bridgehead atoms. The maximum atomic E-state index is 10.6. The number of hydrogen-bond acceptors (Lipinski definition) is 2. The molecule has 0 aromatic carbocycles. The Balaban J connectivity index is 2.59. The highest BCUT2D eigenvalue weighted by atomic mass is 16.5. The van der Waals surface area contributed by atoms with Crippen LogP contribution >= 0.6 is 0 Å². The van der Waals surface area contributed by atoms with Gasteiger partial charge in [-0.1, -0.05) is 40.5 Å². The number of methoxy groups -OCH3 is 1. The normalized spacial score (nSPS) is 25.7. The van der Waals surface area contributed by atoms with E-state index in [2.05, 4.69) is 27.7 Å². The summed E-state index contributed by atoms with van der Waals surface area (Å²) in [6.07, 6.45) is 7.26. The summed E-state index contributed by atoms with van der Waals surface area (Å²) in [5, 5.41) is 10.6. The van der Waals surface area contributed by atoms with Crippen LogP contribution in [0.25, 0.3) is 0 Å². The van der Waals surface area contributed by atoms with Gasteiger partial charge in [-0.05, 0) is 43.4 Å². The minimum Gasteiger partial charge on any atom is -0.390 e. The fourth-order valence-corrected chi connectivity index (χ4v) is 3.23. The van der Waals surface area contributed by atoms with Crippen molar-refractivity contribution in [2.24, 2.45) is 11.3 Å². The van der Waals surface area contributed by atoms with Crippen molar-refractivity contribution in [3.05, 3.63) is 0 Å². The molecule has 0 amide bonds. The molecule has 0 heterocycles. The third-order valence-corrected chi connectivity index (χ3v) is 4.87. The van der Waals surface area contributed by atoms with Crippen LogP contribution in [0.5, 0.6) is 0 Å². The summed E-state index contributed by atoms with van der Waals surface area (Å²) >= 11 is 0. The highest BCUT2D eigenvalue weighted by molar-refractivity contribution is 4.95. The Morgan fingerprint density at radius 2 is 1.72 bits per heavy atom. The van der Waals surface area contributed by atoms with Crippen LogP contribution in [-0.2, 0) is 4.74 Å². The second-order valence-corrected chi connectivity index (χ2v) is 7.08. The monoisotopic (exact) mass is 256 g/mol. The molecule has 0 aromatic heterocycles. The van der Waals surface area contributed by atoms with Gasteiger partial charge in [0.1, 0.15) is 0 Å². The van der Waals surface area contributed by atoms with Crippen molar-refractivity contribution in [3.63, 3.8) is 0 Å². The highest BCUT2D eigenvalue weighted by Crippen LogP contribution is 2.44. The van der Waals surface area contributed by atoms with Crippen molar-refractivity contribution in [3.8, 4) is 0 Å². The van der Waals surface area contributed by atoms with Crippen molar-refractivity contribution < 1.29 is 9.84 Å². The lowest BCUT2D eigenvalue weighted by atomic mass is 9.68. The molecule has 0 saturated heterocycles. The third-order valence-electron chi connectivity index (χ3n) is 4.87. The van der Waals surface area contributed by atoms with Gasteiger partial charge in [-0.2, -0.15) is 0 Å². The predicted molar refractivity (Wildman–Crippen MR) is 76.7 cm³/mol. The topological polar surface area (TPSA) is 29.5 Å². The molecule has 0 spiro atoms.